The van der Waals surface area contributed by atoms with Gasteiger partial charge in [0.15, 0.2) is 5.13 Å². The van der Waals surface area contributed by atoms with Crippen LogP contribution in [0.5, 0.6) is 0 Å². The summed E-state index contributed by atoms with van der Waals surface area (Å²) >= 11 is 4.58. The third-order valence-corrected chi connectivity index (χ3v) is 5.59. The minimum absolute atomic E-state index is 0.00500. The molecule has 3 aromatic heterocycles. The van der Waals surface area contributed by atoms with Crippen LogP contribution in [0, 0.1) is 0 Å². The number of fused-ring (bicyclic) bond motifs is 1. The Morgan fingerprint density at radius 2 is 1.97 bits per heavy atom. The zero-order valence-electron chi connectivity index (χ0n) is 16.0. The highest BCUT2D eigenvalue weighted by Gasteiger charge is 2.14. The first-order chi connectivity index (χ1) is 15.0. The summed E-state index contributed by atoms with van der Waals surface area (Å²) < 4.78 is 11.4. The average Bonchev–Trinajstić information content (AvgIpc) is 3.43. The third-order valence-electron chi connectivity index (χ3n) is 4.34. The van der Waals surface area contributed by atoms with Crippen molar-refractivity contribution in [3.8, 4) is 11.3 Å². The number of nitrogens with zero attached hydrogens (tertiary/aromatic N) is 1. The molecule has 0 unspecified atom stereocenters. The highest BCUT2D eigenvalue weighted by atomic mass is 79.9. The zero-order chi connectivity index (χ0) is 21.8. The van der Waals surface area contributed by atoms with Crippen LogP contribution < -0.4 is 16.3 Å². The fourth-order valence-electron chi connectivity index (χ4n) is 2.82. The second-order valence-corrected chi connectivity index (χ2v) is 8.35. The maximum atomic E-state index is 12.3. The summed E-state index contributed by atoms with van der Waals surface area (Å²) in [6.45, 7) is 0.272. The first-order valence-electron chi connectivity index (χ1n) is 9.26. The number of carbonyl (C=O) groups is 2. The Bertz CT molecular complexity index is 1300. The monoisotopic (exact) mass is 501 g/mol. The van der Waals surface area contributed by atoms with Crippen molar-refractivity contribution in [3.63, 3.8) is 0 Å². The van der Waals surface area contributed by atoms with E-state index in [9.17, 15) is 14.4 Å². The van der Waals surface area contributed by atoms with E-state index in [1.807, 2.05) is 6.07 Å². The Hall–Kier alpha value is -3.24. The van der Waals surface area contributed by atoms with Gasteiger partial charge in [0.05, 0.1) is 24.1 Å². The number of nitrogens with one attached hydrogen (secondary N) is 2. The Balaban J connectivity index is 1.36. The quantitative estimate of drug-likeness (QED) is 0.364. The number of halogens is 1. The fraction of sp³-hybridized carbons (Fsp3) is 0.143. The largest absolute Gasteiger partial charge is 0.467 e. The second-order valence-electron chi connectivity index (χ2n) is 6.57. The molecule has 0 spiro atoms. The number of anilines is 1. The molecule has 8 nitrogen and oxygen atoms in total. The van der Waals surface area contributed by atoms with Gasteiger partial charge in [0, 0.05) is 28.1 Å². The molecule has 4 aromatic rings. The molecule has 158 valence electrons. The predicted molar refractivity (Wildman–Crippen MR) is 120 cm³/mol. The van der Waals surface area contributed by atoms with Gasteiger partial charge in [-0.15, -0.1) is 11.3 Å². The van der Waals surface area contributed by atoms with E-state index < -0.39 is 5.63 Å². The van der Waals surface area contributed by atoms with Gasteiger partial charge in [-0.05, 0) is 36.4 Å². The molecule has 0 saturated carbocycles. The number of furan rings is 1. The standard InChI is InChI=1S/C21H16BrN3O5S/c22-13-3-4-17-12(8-13)9-15(20(28)30-17)16-11-31-21(24-16)25-19(27)6-5-18(26)23-10-14-2-1-7-29-14/h1-4,7-9,11H,5-6,10H2,(H,23,26)(H,24,25,27). The lowest BCUT2D eigenvalue weighted by atomic mass is 10.1. The molecule has 10 heteroatoms. The first kappa shape index (κ1) is 21.0. The number of carbonyl (C=O) groups excluding carboxylic acids is 2. The highest BCUT2D eigenvalue weighted by molar-refractivity contribution is 9.10. The Kier molecular flexibility index (Phi) is 6.28. The van der Waals surface area contributed by atoms with Crippen molar-refractivity contribution < 1.29 is 18.4 Å². The number of hydrogen-bond donors (Lipinski definition) is 2. The summed E-state index contributed by atoms with van der Waals surface area (Å²) in [6.07, 6.45) is 1.57. The second kappa shape index (κ2) is 9.27. The van der Waals surface area contributed by atoms with E-state index in [0.717, 1.165) is 9.86 Å². The number of amides is 2. The SMILES string of the molecule is O=C(CCC(=O)Nc1nc(-c2cc3cc(Br)ccc3oc2=O)cs1)NCc1ccco1. The molecule has 4 rings (SSSR count). The highest BCUT2D eigenvalue weighted by Crippen LogP contribution is 2.26. The van der Waals surface area contributed by atoms with Crippen molar-refractivity contribution in [2.24, 2.45) is 0 Å². The van der Waals surface area contributed by atoms with Crippen molar-refractivity contribution in [2.75, 3.05) is 5.32 Å². The van der Waals surface area contributed by atoms with Crippen molar-refractivity contribution in [2.45, 2.75) is 19.4 Å². The van der Waals surface area contributed by atoms with E-state index in [1.54, 1.807) is 35.7 Å². The van der Waals surface area contributed by atoms with Crippen LogP contribution in [0.1, 0.15) is 18.6 Å². The summed E-state index contributed by atoms with van der Waals surface area (Å²) in [7, 11) is 0. The number of benzene rings is 1. The smallest absolute Gasteiger partial charge is 0.345 e. The number of aromatic nitrogens is 1. The van der Waals surface area contributed by atoms with Crippen molar-refractivity contribution in [1.82, 2.24) is 10.3 Å². The number of rotatable bonds is 7. The molecule has 2 amide bonds. The van der Waals surface area contributed by atoms with Gasteiger partial charge < -0.3 is 19.5 Å². The summed E-state index contributed by atoms with van der Waals surface area (Å²) in [4.78, 5) is 40.6. The normalized spacial score (nSPS) is 10.9. The fourth-order valence-corrected chi connectivity index (χ4v) is 3.93. The molecule has 0 radical (unpaired) electrons. The van der Waals surface area contributed by atoms with Gasteiger partial charge >= 0.3 is 5.63 Å². The van der Waals surface area contributed by atoms with E-state index in [1.165, 1.54) is 17.6 Å². The molecular weight excluding hydrogens is 486 g/mol. The third kappa shape index (κ3) is 5.28. The molecule has 0 bridgehead atoms. The van der Waals surface area contributed by atoms with Crippen LogP contribution in [-0.4, -0.2) is 16.8 Å². The van der Waals surface area contributed by atoms with Crippen LogP contribution in [0.3, 0.4) is 0 Å². The summed E-state index contributed by atoms with van der Waals surface area (Å²) in [6, 6.07) is 10.5. The predicted octanol–water partition coefficient (Wildman–Crippen LogP) is 4.31. The van der Waals surface area contributed by atoms with E-state index in [0.29, 0.717) is 27.7 Å². The van der Waals surface area contributed by atoms with Gasteiger partial charge in [0.1, 0.15) is 11.3 Å². The van der Waals surface area contributed by atoms with E-state index >= 15 is 0 Å². The van der Waals surface area contributed by atoms with Crippen LogP contribution in [0.4, 0.5) is 5.13 Å². The lowest BCUT2D eigenvalue weighted by Crippen LogP contribution is -2.24. The van der Waals surface area contributed by atoms with Gasteiger partial charge in [-0.3, -0.25) is 9.59 Å². The van der Waals surface area contributed by atoms with Gasteiger partial charge in [-0.2, -0.15) is 0 Å². The van der Waals surface area contributed by atoms with Crippen LogP contribution in [-0.2, 0) is 16.1 Å². The van der Waals surface area contributed by atoms with Crippen LogP contribution in [0.25, 0.3) is 22.2 Å². The molecular formula is C21H16BrN3O5S. The minimum atomic E-state index is -0.508. The molecule has 3 heterocycles. The summed E-state index contributed by atoms with van der Waals surface area (Å²) in [5.74, 6) is 0.0356. The molecule has 0 aliphatic heterocycles. The maximum absolute atomic E-state index is 12.3. The lowest BCUT2D eigenvalue weighted by molar-refractivity contribution is -0.124. The van der Waals surface area contributed by atoms with Gasteiger partial charge in [-0.25, -0.2) is 9.78 Å². The van der Waals surface area contributed by atoms with E-state index in [2.05, 4.69) is 31.5 Å². The Morgan fingerprint density at radius 1 is 1.13 bits per heavy atom. The summed E-state index contributed by atoms with van der Waals surface area (Å²) in [5.41, 5.74) is 0.684. The molecule has 31 heavy (non-hydrogen) atoms. The summed E-state index contributed by atoms with van der Waals surface area (Å²) in [5, 5.41) is 8.09. The number of hydrogen-bond acceptors (Lipinski definition) is 7. The minimum Gasteiger partial charge on any atom is -0.467 e. The van der Waals surface area contributed by atoms with E-state index in [4.69, 9.17) is 8.83 Å². The van der Waals surface area contributed by atoms with Crippen LogP contribution in [0.2, 0.25) is 0 Å². The number of thiazole rings is 1. The molecule has 0 aliphatic rings. The molecule has 0 saturated heterocycles. The average molecular weight is 502 g/mol. The van der Waals surface area contributed by atoms with Crippen molar-refractivity contribution >= 4 is 55.2 Å². The van der Waals surface area contributed by atoms with Crippen molar-refractivity contribution in [1.29, 1.82) is 0 Å². The molecule has 0 aliphatic carbocycles. The van der Waals surface area contributed by atoms with Crippen molar-refractivity contribution in [3.05, 3.63) is 68.7 Å². The molecule has 1 aromatic carbocycles. The Labute approximate surface area is 188 Å². The van der Waals surface area contributed by atoms with Gasteiger partial charge in [0.25, 0.3) is 0 Å². The van der Waals surface area contributed by atoms with Gasteiger partial charge in [0.2, 0.25) is 11.8 Å². The van der Waals surface area contributed by atoms with Gasteiger partial charge in [-0.1, -0.05) is 15.9 Å². The zero-order valence-corrected chi connectivity index (χ0v) is 18.4. The maximum Gasteiger partial charge on any atom is 0.345 e. The molecule has 2 N–H and O–H groups in total. The van der Waals surface area contributed by atoms with E-state index in [-0.39, 0.29) is 31.2 Å². The Morgan fingerprint density at radius 3 is 2.77 bits per heavy atom. The molecule has 0 atom stereocenters. The first-order valence-corrected chi connectivity index (χ1v) is 10.9. The molecule has 0 fully saturated rings. The lowest BCUT2D eigenvalue weighted by Gasteiger charge is -2.04. The van der Waals surface area contributed by atoms with Crippen LogP contribution in [0.15, 0.2) is 66.1 Å². The topological polar surface area (TPSA) is 114 Å². The van der Waals surface area contributed by atoms with Crippen LogP contribution >= 0.6 is 27.3 Å².